The number of carbonyl (C=O) groups excluding carboxylic acids is 2. The lowest BCUT2D eigenvalue weighted by molar-refractivity contribution is 0.0730. The van der Waals surface area contributed by atoms with Crippen molar-refractivity contribution < 1.29 is 19.1 Å². The molecule has 0 unspecified atom stereocenters. The normalized spacial score (nSPS) is 11.6. The van der Waals surface area contributed by atoms with Crippen LogP contribution in [0, 0.1) is 0 Å². The molecule has 10 rings (SSSR count). The molecule has 0 heterocycles. The Balaban J connectivity index is 1.18. The van der Waals surface area contributed by atoms with E-state index in [0.29, 0.717) is 22.6 Å². The Morgan fingerprint density at radius 3 is 1.11 bits per heavy atom. The Morgan fingerprint density at radius 1 is 0.329 bits per heavy atom. The molecule has 4 nitrogen and oxygen atoms in total. The van der Waals surface area contributed by atoms with E-state index < -0.39 is 11.9 Å². The predicted molar refractivity (Wildman–Crippen MR) is 294 cm³/mol. The van der Waals surface area contributed by atoms with Crippen molar-refractivity contribution in [2.75, 3.05) is 0 Å². The van der Waals surface area contributed by atoms with Gasteiger partial charge in [0.05, 0.1) is 11.1 Å². The van der Waals surface area contributed by atoms with Gasteiger partial charge >= 0.3 is 11.9 Å². The van der Waals surface area contributed by atoms with Crippen molar-refractivity contribution in [3.8, 4) is 22.6 Å². The Hall–Kier alpha value is -7.30. The summed E-state index contributed by atoms with van der Waals surface area (Å²) in [6.45, 7) is 4.53. The minimum absolute atomic E-state index is 0.395. The molecule has 10 aromatic rings. The number of benzene rings is 10. The van der Waals surface area contributed by atoms with Crippen LogP contribution in [0.15, 0.2) is 170 Å². The fourth-order valence-corrected chi connectivity index (χ4v) is 10.6. The average molecular weight is 919 g/mol. The van der Waals surface area contributed by atoms with Gasteiger partial charge in [-0.05, 0) is 115 Å². The van der Waals surface area contributed by atoms with Crippen LogP contribution < -0.4 is 9.47 Å². The van der Waals surface area contributed by atoms with Gasteiger partial charge in [0, 0.05) is 21.5 Å². The molecule has 4 heteroatoms. The minimum Gasteiger partial charge on any atom is -0.422 e. The van der Waals surface area contributed by atoms with Crippen molar-refractivity contribution in [2.24, 2.45) is 0 Å². The quantitative estimate of drug-likeness (QED) is 0.0351. The fourth-order valence-electron chi connectivity index (χ4n) is 10.6. The third-order valence-corrected chi connectivity index (χ3v) is 14.3. The number of unbranched alkanes of at least 4 members (excludes halogenated alkanes) is 10. The van der Waals surface area contributed by atoms with Crippen LogP contribution in [0.4, 0.5) is 0 Å². The standard InChI is InChI=1S/C66H62O4/c1-3-5-7-9-11-13-23-45-33-39-57-59(41-45)61(53-29-19-21-31-55(53)63(57)69-65(67)51-37-35-47-25-15-17-27-49(47)43-51)62-54-30-20-22-32-56(54)64(70-66(68)52-38-36-48-26-16-18-28-50(48)44-52)58-40-34-46(42-60(58)62)24-14-12-10-8-6-4-2/h15-22,25-44H,3-14,23-24H2,1-2H3. The van der Waals surface area contributed by atoms with Crippen molar-refractivity contribution in [2.45, 2.75) is 104 Å². The molecule has 0 aliphatic heterocycles. The van der Waals surface area contributed by atoms with Gasteiger partial charge in [0.1, 0.15) is 11.5 Å². The van der Waals surface area contributed by atoms with E-state index in [2.05, 4.69) is 98.8 Å². The summed E-state index contributed by atoms with van der Waals surface area (Å²) < 4.78 is 13.3. The molecule has 0 fully saturated rings. The molecule has 0 N–H and O–H groups in total. The molecule has 0 amide bonds. The monoisotopic (exact) mass is 918 g/mol. The Kier molecular flexibility index (Phi) is 14.3. The molecule has 0 aliphatic carbocycles. The van der Waals surface area contributed by atoms with E-state index in [1.165, 1.54) is 75.3 Å². The number of ether oxygens (including phenoxy) is 2. The van der Waals surface area contributed by atoms with Gasteiger partial charge in [-0.2, -0.15) is 0 Å². The van der Waals surface area contributed by atoms with Gasteiger partial charge in [-0.1, -0.05) is 224 Å². The first-order chi connectivity index (χ1) is 34.5. The molecule has 0 aliphatic rings. The van der Waals surface area contributed by atoms with E-state index in [-0.39, 0.29) is 0 Å². The molecule has 70 heavy (non-hydrogen) atoms. The highest BCUT2D eigenvalue weighted by Crippen LogP contribution is 2.50. The highest BCUT2D eigenvalue weighted by molar-refractivity contribution is 6.27. The molecule has 0 radical (unpaired) electrons. The van der Waals surface area contributed by atoms with Crippen LogP contribution in [0.5, 0.6) is 11.5 Å². The zero-order valence-corrected chi connectivity index (χ0v) is 40.7. The molecule has 0 aromatic heterocycles. The number of carbonyl (C=O) groups is 2. The average Bonchev–Trinajstić information content (AvgIpc) is 3.40. The fraction of sp³-hybridized carbons (Fsp3) is 0.242. The van der Waals surface area contributed by atoms with E-state index in [1.54, 1.807) is 0 Å². The van der Waals surface area contributed by atoms with Crippen molar-refractivity contribution in [3.63, 3.8) is 0 Å². The van der Waals surface area contributed by atoms with Crippen LogP contribution in [-0.4, -0.2) is 11.9 Å². The summed E-state index contributed by atoms with van der Waals surface area (Å²) in [6, 6.07) is 57.9. The number of rotatable bonds is 19. The third kappa shape index (κ3) is 9.78. The largest absolute Gasteiger partial charge is 0.422 e. The van der Waals surface area contributed by atoms with E-state index in [9.17, 15) is 9.59 Å². The summed E-state index contributed by atoms with van der Waals surface area (Å²) in [7, 11) is 0. The van der Waals surface area contributed by atoms with Gasteiger partial charge in [-0.25, -0.2) is 9.59 Å². The van der Waals surface area contributed by atoms with Crippen molar-refractivity contribution in [1.82, 2.24) is 0 Å². The second-order valence-corrected chi connectivity index (χ2v) is 19.2. The summed E-state index contributed by atoms with van der Waals surface area (Å²) in [5, 5.41) is 11.6. The second kappa shape index (κ2) is 21.6. The molecule has 350 valence electrons. The molecule has 0 atom stereocenters. The number of aryl methyl sites for hydroxylation is 2. The van der Waals surface area contributed by atoms with Crippen LogP contribution in [0.25, 0.3) is 75.8 Å². The number of hydrogen-bond acceptors (Lipinski definition) is 4. The minimum atomic E-state index is -0.395. The number of esters is 2. The number of hydrogen-bond donors (Lipinski definition) is 0. The smallest absolute Gasteiger partial charge is 0.343 e. The third-order valence-electron chi connectivity index (χ3n) is 14.3. The van der Waals surface area contributed by atoms with E-state index in [4.69, 9.17) is 9.47 Å². The Bertz CT molecular complexity index is 3290. The van der Waals surface area contributed by atoms with Gasteiger partial charge in [-0.3, -0.25) is 0 Å². The van der Waals surface area contributed by atoms with Gasteiger partial charge in [0.2, 0.25) is 0 Å². The van der Waals surface area contributed by atoms with Gasteiger partial charge in [-0.15, -0.1) is 0 Å². The van der Waals surface area contributed by atoms with Crippen LogP contribution in [0.2, 0.25) is 0 Å². The maximum Gasteiger partial charge on any atom is 0.343 e. The molecular formula is C66H62O4. The molecule has 0 bridgehead atoms. The lowest BCUT2D eigenvalue weighted by Crippen LogP contribution is -2.10. The van der Waals surface area contributed by atoms with Crippen LogP contribution in [-0.2, 0) is 12.8 Å². The first kappa shape index (κ1) is 46.4. The van der Waals surface area contributed by atoms with Crippen LogP contribution in [0.1, 0.15) is 123 Å². The molecule has 0 spiro atoms. The maximum atomic E-state index is 14.4. The summed E-state index contributed by atoms with van der Waals surface area (Å²) in [5.41, 5.74) is 5.67. The SMILES string of the molecule is CCCCCCCCc1ccc2c(OC(=O)c3ccc4ccccc4c3)c3ccccc3c(-c3c4ccccc4c(OC(=O)c4ccc5ccccc5c4)c4ccc(CCCCCCCC)cc34)c2c1. The van der Waals surface area contributed by atoms with Crippen molar-refractivity contribution >= 4 is 76.6 Å². The van der Waals surface area contributed by atoms with Crippen LogP contribution >= 0.6 is 0 Å². The summed E-state index contributed by atoms with van der Waals surface area (Å²) in [5.74, 6) is 0.316. The zero-order chi connectivity index (χ0) is 47.8. The van der Waals surface area contributed by atoms with Gasteiger partial charge in [0.25, 0.3) is 0 Å². The van der Waals surface area contributed by atoms with Gasteiger partial charge in [0.15, 0.2) is 0 Å². The maximum absolute atomic E-state index is 14.4. The van der Waals surface area contributed by atoms with Crippen molar-refractivity contribution in [1.29, 1.82) is 0 Å². The second-order valence-electron chi connectivity index (χ2n) is 19.2. The highest BCUT2D eigenvalue weighted by atomic mass is 16.5. The number of fused-ring (bicyclic) bond motifs is 6. The molecule has 0 saturated heterocycles. The zero-order valence-electron chi connectivity index (χ0n) is 40.7. The first-order valence-electron chi connectivity index (χ1n) is 25.9. The summed E-state index contributed by atoms with van der Waals surface area (Å²) in [6.07, 6.45) is 16.5. The van der Waals surface area contributed by atoms with Crippen molar-refractivity contribution in [3.05, 3.63) is 192 Å². The Labute approximate surface area is 412 Å². The lowest BCUT2D eigenvalue weighted by atomic mass is 9.84. The molecule has 10 aromatic carbocycles. The lowest BCUT2D eigenvalue weighted by Gasteiger charge is -2.22. The molecule has 0 saturated carbocycles. The predicted octanol–water partition coefficient (Wildman–Crippen LogP) is 18.5. The van der Waals surface area contributed by atoms with Gasteiger partial charge < -0.3 is 9.47 Å². The summed E-state index contributed by atoms with van der Waals surface area (Å²) >= 11 is 0. The topological polar surface area (TPSA) is 52.6 Å². The van der Waals surface area contributed by atoms with E-state index >= 15 is 0 Å². The Morgan fingerprint density at radius 2 is 0.686 bits per heavy atom. The first-order valence-corrected chi connectivity index (χ1v) is 25.9. The summed E-state index contributed by atoms with van der Waals surface area (Å²) in [4.78, 5) is 28.8. The van der Waals surface area contributed by atoms with E-state index in [0.717, 1.165) is 101 Å². The molecular weight excluding hydrogens is 857 g/mol. The highest BCUT2D eigenvalue weighted by Gasteiger charge is 2.25. The van der Waals surface area contributed by atoms with Crippen LogP contribution in [0.3, 0.4) is 0 Å². The van der Waals surface area contributed by atoms with E-state index in [1.807, 2.05) is 84.9 Å².